The molecule has 22 heavy (non-hydrogen) atoms. The highest BCUT2D eigenvalue weighted by molar-refractivity contribution is 5.88. The monoisotopic (exact) mass is 326 g/mol. The molecule has 1 unspecified atom stereocenters. The lowest BCUT2D eigenvalue weighted by molar-refractivity contribution is -0.130. The van der Waals surface area contributed by atoms with E-state index >= 15 is 0 Å². The van der Waals surface area contributed by atoms with E-state index in [9.17, 15) is 4.79 Å². The molecule has 0 spiro atoms. The van der Waals surface area contributed by atoms with E-state index in [2.05, 4.69) is 48.7 Å². The number of ether oxygens (including phenoxy) is 1. The Labute approximate surface area is 139 Å². The first-order valence-electron chi connectivity index (χ1n) is 7.69. The van der Waals surface area contributed by atoms with Gasteiger partial charge in [0, 0.05) is 25.8 Å². The van der Waals surface area contributed by atoms with E-state index in [1.807, 2.05) is 7.05 Å². The standard InChI is InChI=1S/C17H26N2O2.ClH/c1-13-4-6-15(7-5-13)17(8-10-21-11-9-17)16(20)19-12-14(2)18-3;/h4-7,14,18H,8-12H2,1-3H3,(H,19,20);1H. The molecule has 1 aromatic rings. The third-order valence-electron chi connectivity index (χ3n) is 4.45. The summed E-state index contributed by atoms with van der Waals surface area (Å²) in [4.78, 5) is 12.8. The highest BCUT2D eigenvalue weighted by Gasteiger charge is 2.41. The molecule has 0 bridgehead atoms. The van der Waals surface area contributed by atoms with Crippen molar-refractivity contribution in [3.05, 3.63) is 35.4 Å². The third kappa shape index (κ3) is 4.22. The Morgan fingerprint density at radius 3 is 2.41 bits per heavy atom. The van der Waals surface area contributed by atoms with Crippen LogP contribution >= 0.6 is 12.4 Å². The Balaban J connectivity index is 0.00000242. The van der Waals surface area contributed by atoms with E-state index in [-0.39, 0.29) is 24.4 Å². The van der Waals surface area contributed by atoms with Gasteiger partial charge in [0.05, 0.1) is 5.41 Å². The highest BCUT2D eigenvalue weighted by Crippen LogP contribution is 2.35. The summed E-state index contributed by atoms with van der Waals surface area (Å²) >= 11 is 0. The molecule has 1 amide bonds. The van der Waals surface area contributed by atoms with Crippen LogP contribution in [0, 0.1) is 6.92 Å². The number of benzene rings is 1. The van der Waals surface area contributed by atoms with E-state index in [0.29, 0.717) is 19.8 Å². The number of carbonyl (C=O) groups excluding carboxylic acids is 1. The maximum Gasteiger partial charge on any atom is 0.230 e. The molecule has 4 nitrogen and oxygen atoms in total. The molecular formula is C17H27ClN2O2. The van der Waals surface area contributed by atoms with Gasteiger partial charge in [-0.2, -0.15) is 0 Å². The molecule has 1 atom stereocenters. The number of rotatable bonds is 5. The Bertz CT molecular complexity index is 470. The first kappa shape index (κ1) is 18.9. The topological polar surface area (TPSA) is 50.4 Å². The van der Waals surface area contributed by atoms with E-state index < -0.39 is 5.41 Å². The number of aryl methyl sites for hydroxylation is 1. The van der Waals surface area contributed by atoms with E-state index in [1.54, 1.807) is 0 Å². The van der Waals surface area contributed by atoms with Gasteiger partial charge >= 0.3 is 0 Å². The summed E-state index contributed by atoms with van der Waals surface area (Å²) in [7, 11) is 1.90. The maximum atomic E-state index is 12.8. The second-order valence-electron chi connectivity index (χ2n) is 5.96. The summed E-state index contributed by atoms with van der Waals surface area (Å²) in [6, 6.07) is 8.60. The molecule has 0 radical (unpaired) electrons. The summed E-state index contributed by atoms with van der Waals surface area (Å²) in [5.41, 5.74) is 1.87. The molecule has 2 rings (SSSR count). The predicted octanol–water partition coefficient (Wildman–Crippen LogP) is 2.19. The zero-order valence-electron chi connectivity index (χ0n) is 13.6. The molecule has 1 aliphatic heterocycles. The average molecular weight is 327 g/mol. The molecule has 0 saturated carbocycles. The Kier molecular flexibility index (Phi) is 7.33. The van der Waals surface area contributed by atoms with Crippen molar-refractivity contribution >= 4 is 18.3 Å². The van der Waals surface area contributed by atoms with Gasteiger partial charge in [0.25, 0.3) is 0 Å². The Morgan fingerprint density at radius 2 is 1.86 bits per heavy atom. The zero-order chi connectivity index (χ0) is 15.3. The van der Waals surface area contributed by atoms with Crippen molar-refractivity contribution in [2.24, 2.45) is 0 Å². The van der Waals surface area contributed by atoms with Crippen molar-refractivity contribution < 1.29 is 9.53 Å². The van der Waals surface area contributed by atoms with Crippen LogP contribution in [-0.4, -0.2) is 38.8 Å². The van der Waals surface area contributed by atoms with Crippen LogP contribution < -0.4 is 10.6 Å². The van der Waals surface area contributed by atoms with Gasteiger partial charge < -0.3 is 15.4 Å². The van der Waals surface area contributed by atoms with Gasteiger partial charge in [-0.05, 0) is 39.3 Å². The first-order chi connectivity index (χ1) is 10.1. The zero-order valence-corrected chi connectivity index (χ0v) is 14.5. The van der Waals surface area contributed by atoms with Crippen LogP contribution in [0.2, 0.25) is 0 Å². The molecule has 1 aliphatic rings. The first-order valence-corrected chi connectivity index (χ1v) is 7.69. The SMILES string of the molecule is CNC(C)CNC(=O)C1(c2ccc(C)cc2)CCOCC1.Cl. The fourth-order valence-electron chi connectivity index (χ4n) is 2.76. The number of nitrogens with one attached hydrogen (secondary N) is 2. The number of halogens is 1. The smallest absolute Gasteiger partial charge is 0.230 e. The second kappa shape index (κ2) is 8.51. The molecule has 5 heteroatoms. The molecule has 0 aliphatic carbocycles. The molecule has 2 N–H and O–H groups in total. The largest absolute Gasteiger partial charge is 0.381 e. The number of amides is 1. The molecule has 1 heterocycles. The Morgan fingerprint density at radius 1 is 1.27 bits per heavy atom. The van der Waals surface area contributed by atoms with Gasteiger partial charge in [-0.3, -0.25) is 4.79 Å². The summed E-state index contributed by atoms with van der Waals surface area (Å²) in [6.45, 7) is 6.05. The lowest BCUT2D eigenvalue weighted by atomic mass is 9.73. The van der Waals surface area contributed by atoms with E-state index in [0.717, 1.165) is 18.4 Å². The second-order valence-corrected chi connectivity index (χ2v) is 5.96. The molecule has 124 valence electrons. The average Bonchev–Trinajstić information content (AvgIpc) is 2.53. The van der Waals surface area contributed by atoms with Crippen LogP contribution in [0.15, 0.2) is 24.3 Å². The minimum atomic E-state index is -0.445. The molecule has 1 saturated heterocycles. The summed E-state index contributed by atoms with van der Waals surface area (Å²) in [5.74, 6) is 0.122. The van der Waals surface area contributed by atoms with Gasteiger partial charge in [-0.15, -0.1) is 12.4 Å². The lowest BCUT2D eigenvalue weighted by Gasteiger charge is -2.36. The molecule has 1 fully saturated rings. The Hall–Kier alpha value is -1.10. The van der Waals surface area contributed by atoms with Crippen molar-refractivity contribution in [3.63, 3.8) is 0 Å². The van der Waals surface area contributed by atoms with Crippen LogP contribution in [0.5, 0.6) is 0 Å². The normalized spacial score (nSPS) is 18.1. The van der Waals surface area contributed by atoms with Crippen LogP contribution in [0.1, 0.15) is 30.9 Å². The maximum absolute atomic E-state index is 12.8. The number of hydrogen-bond donors (Lipinski definition) is 2. The quantitative estimate of drug-likeness (QED) is 0.872. The summed E-state index contributed by atoms with van der Waals surface area (Å²) in [6.07, 6.45) is 1.49. The van der Waals surface area contributed by atoms with Gasteiger partial charge in [0.15, 0.2) is 0 Å². The van der Waals surface area contributed by atoms with Gasteiger partial charge in [-0.25, -0.2) is 0 Å². The van der Waals surface area contributed by atoms with Crippen LogP contribution in [0.4, 0.5) is 0 Å². The minimum Gasteiger partial charge on any atom is -0.381 e. The number of likely N-dealkylation sites (N-methyl/N-ethyl adjacent to an activating group) is 1. The number of carbonyl (C=O) groups is 1. The fourth-order valence-corrected chi connectivity index (χ4v) is 2.76. The van der Waals surface area contributed by atoms with Crippen LogP contribution in [0.3, 0.4) is 0 Å². The summed E-state index contributed by atoms with van der Waals surface area (Å²) < 4.78 is 5.47. The van der Waals surface area contributed by atoms with Gasteiger partial charge in [0.2, 0.25) is 5.91 Å². The minimum absolute atomic E-state index is 0. The molecule has 1 aromatic carbocycles. The molecular weight excluding hydrogens is 300 g/mol. The highest BCUT2D eigenvalue weighted by atomic mass is 35.5. The van der Waals surface area contributed by atoms with Gasteiger partial charge in [0.1, 0.15) is 0 Å². The fraction of sp³-hybridized carbons (Fsp3) is 0.588. The number of hydrogen-bond acceptors (Lipinski definition) is 3. The van der Waals surface area contributed by atoms with E-state index in [1.165, 1.54) is 5.56 Å². The van der Waals surface area contributed by atoms with Crippen LogP contribution in [0.25, 0.3) is 0 Å². The van der Waals surface area contributed by atoms with Crippen molar-refractivity contribution in [2.45, 2.75) is 38.1 Å². The van der Waals surface area contributed by atoms with Gasteiger partial charge in [-0.1, -0.05) is 29.8 Å². The van der Waals surface area contributed by atoms with Crippen molar-refractivity contribution in [1.82, 2.24) is 10.6 Å². The van der Waals surface area contributed by atoms with Crippen molar-refractivity contribution in [2.75, 3.05) is 26.8 Å². The van der Waals surface area contributed by atoms with Crippen LogP contribution in [-0.2, 0) is 14.9 Å². The summed E-state index contributed by atoms with van der Waals surface area (Å²) in [5, 5.41) is 6.24. The van der Waals surface area contributed by atoms with Crippen molar-refractivity contribution in [1.29, 1.82) is 0 Å². The predicted molar refractivity (Wildman–Crippen MR) is 91.7 cm³/mol. The third-order valence-corrected chi connectivity index (χ3v) is 4.45. The van der Waals surface area contributed by atoms with Crippen molar-refractivity contribution in [3.8, 4) is 0 Å². The molecule has 0 aromatic heterocycles. The van der Waals surface area contributed by atoms with E-state index in [4.69, 9.17) is 4.74 Å². The lowest BCUT2D eigenvalue weighted by Crippen LogP contribution is -2.50.